The van der Waals surface area contributed by atoms with Crippen LogP contribution in [0.3, 0.4) is 0 Å². The third-order valence-electron chi connectivity index (χ3n) is 4.11. The Morgan fingerprint density at radius 2 is 1.68 bits per heavy atom. The Morgan fingerprint density at radius 3 is 2.21 bits per heavy atom. The molecule has 0 amide bonds. The lowest BCUT2D eigenvalue weighted by Crippen LogP contribution is -2.36. The largest absolute Gasteiger partial charge is 0.497 e. The smallest absolute Gasteiger partial charge is 0.118 e. The predicted octanol–water partition coefficient (Wildman–Crippen LogP) is 3.30. The summed E-state index contributed by atoms with van der Waals surface area (Å²) in [5, 5.41) is 3.72. The van der Waals surface area contributed by atoms with E-state index >= 15 is 0 Å². The zero-order valence-corrected chi connectivity index (χ0v) is 12.2. The molecule has 3 nitrogen and oxygen atoms in total. The fraction of sp³-hybridized carbons (Fsp3) is 0.625. The average molecular weight is 263 g/mol. The Bertz CT molecular complexity index is 369. The summed E-state index contributed by atoms with van der Waals surface area (Å²) in [6.07, 6.45) is 5.22. The molecule has 2 rings (SSSR count). The van der Waals surface area contributed by atoms with Crippen molar-refractivity contribution in [3.8, 4) is 5.75 Å². The van der Waals surface area contributed by atoms with E-state index in [1.165, 1.54) is 31.2 Å². The number of hydrogen-bond acceptors (Lipinski definition) is 3. The van der Waals surface area contributed by atoms with Gasteiger partial charge in [-0.2, -0.15) is 0 Å². The third-order valence-corrected chi connectivity index (χ3v) is 4.11. The Balaban J connectivity index is 1.85. The minimum absolute atomic E-state index is 0.384. The molecule has 0 unspecified atom stereocenters. The molecule has 1 atom stereocenters. The summed E-state index contributed by atoms with van der Waals surface area (Å²) >= 11 is 0. The van der Waals surface area contributed by atoms with Crippen LogP contribution in [0.25, 0.3) is 0 Å². The van der Waals surface area contributed by atoms with Crippen LogP contribution in [0.5, 0.6) is 5.75 Å². The van der Waals surface area contributed by atoms with Crippen LogP contribution in [0.2, 0.25) is 0 Å². The molecule has 1 saturated carbocycles. The van der Waals surface area contributed by atoms with E-state index < -0.39 is 0 Å². The molecule has 0 bridgehead atoms. The van der Waals surface area contributed by atoms with Gasteiger partial charge in [-0.3, -0.25) is 0 Å². The van der Waals surface area contributed by atoms with Crippen LogP contribution in [0, 0.1) is 0 Å². The Hall–Kier alpha value is -1.06. The predicted molar refractivity (Wildman–Crippen MR) is 77.6 cm³/mol. The number of methoxy groups -OCH3 is 2. The van der Waals surface area contributed by atoms with Gasteiger partial charge in [-0.1, -0.05) is 12.1 Å². The first-order valence-corrected chi connectivity index (χ1v) is 7.15. The molecule has 1 N–H and O–H groups in total. The van der Waals surface area contributed by atoms with Crippen molar-refractivity contribution in [1.82, 2.24) is 5.32 Å². The summed E-state index contributed by atoms with van der Waals surface area (Å²) in [6.45, 7) is 2.23. The Labute approximate surface area is 116 Å². The molecule has 0 aromatic heterocycles. The molecule has 106 valence electrons. The zero-order valence-electron chi connectivity index (χ0n) is 12.2. The van der Waals surface area contributed by atoms with Gasteiger partial charge in [0.15, 0.2) is 0 Å². The second-order valence-corrected chi connectivity index (χ2v) is 5.37. The quantitative estimate of drug-likeness (QED) is 0.884. The fourth-order valence-corrected chi connectivity index (χ4v) is 2.81. The van der Waals surface area contributed by atoms with Gasteiger partial charge in [-0.05, 0) is 50.3 Å². The number of benzene rings is 1. The van der Waals surface area contributed by atoms with Crippen LogP contribution in [0.15, 0.2) is 24.3 Å². The monoisotopic (exact) mass is 263 g/mol. The van der Waals surface area contributed by atoms with Crippen LogP contribution in [0.4, 0.5) is 0 Å². The molecule has 1 fully saturated rings. The molecule has 3 heteroatoms. The van der Waals surface area contributed by atoms with Gasteiger partial charge in [-0.25, -0.2) is 0 Å². The van der Waals surface area contributed by atoms with Crippen LogP contribution < -0.4 is 10.1 Å². The normalized spacial score (nSPS) is 25.0. The van der Waals surface area contributed by atoms with Gasteiger partial charge in [0.2, 0.25) is 0 Å². The SMILES string of the molecule is COc1ccc([C@@H](C)NC2CCC(OC)CC2)cc1. The Morgan fingerprint density at radius 1 is 1.05 bits per heavy atom. The van der Waals surface area contributed by atoms with E-state index in [-0.39, 0.29) is 0 Å². The first-order chi connectivity index (χ1) is 9.22. The van der Waals surface area contributed by atoms with Crippen molar-refractivity contribution in [2.75, 3.05) is 14.2 Å². The van der Waals surface area contributed by atoms with Crippen LogP contribution in [-0.2, 0) is 4.74 Å². The minimum Gasteiger partial charge on any atom is -0.497 e. The number of ether oxygens (including phenoxy) is 2. The summed E-state index contributed by atoms with van der Waals surface area (Å²) in [6, 6.07) is 9.32. The van der Waals surface area contributed by atoms with E-state index in [1.54, 1.807) is 7.11 Å². The van der Waals surface area contributed by atoms with Crippen LogP contribution in [-0.4, -0.2) is 26.4 Å². The van der Waals surface area contributed by atoms with E-state index in [9.17, 15) is 0 Å². The highest BCUT2D eigenvalue weighted by Gasteiger charge is 2.22. The molecule has 1 aromatic carbocycles. The first-order valence-electron chi connectivity index (χ1n) is 7.15. The van der Waals surface area contributed by atoms with Gasteiger partial charge in [0.25, 0.3) is 0 Å². The minimum atomic E-state index is 0.384. The molecule has 0 saturated heterocycles. The highest BCUT2D eigenvalue weighted by Crippen LogP contribution is 2.24. The molecular weight excluding hydrogens is 238 g/mol. The molecular formula is C16H25NO2. The summed E-state index contributed by atoms with van der Waals surface area (Å²) in [5.41, 5.74) is 1.31. The lowest BCUT2D eigenvalue weighted by atomic mass is 9.92. The lowest BCUT2D eigenvalue weighted by molar-refractivity contribution is 0.0614. The van der Waals surface area contributed by atoms with Gasteiger partial charge in [0.1, 0.15) is 5.75 Å². The second-order valence-electron chi connectivity index (χ2n) is 5.37. The molecule has 0 radical (unpaired) electrons. The summed E-state index contributed by atoms with van der Waals surface area (Å²) in [4.78, 5) is 0. The maximum atomic E-state index is 5.41. The van der Waals surface area contributed by atoms with E-state index in [0.29, 0.717) is 18.2 Å². The Kier molecular flexibility index (Phi) is 5.23. The average Bonchev–Trinajstić information content (AvgIpc) is 2.48. The maximum absolute atomic E-state index is 5.41. The van der Waals surface area contributed by atoms with Gasteiger partial charge in [0, 0.05) is 19.2 Å². The van der Waals surface area contributed by atoms with Crippen molar-refractivity contribution in [3.63, 3.8) is 0 Å². The standard InChI is InChI=1S/C16H25NO2/c1-12(13-4-8-15(18-2)9-5-13)17-14-6-10-16(19-3)11-7-14/h4-5,8-9,12,14,16-17H,6-7,10-11H2,1-3H3/t12-,14?,16?/m1/s1. The molecule has 1 aliphatic carbocycles. The molecule has 0 heterocycles. The van der Waals surface area contributed by atoms with E-state index in [2.05, 4.69) is 24.4 Å². The third kappa shape index (κ3) is 3.95. The van der Waals surface area contributed by atoms with Crippen LogP contribution >= 0.6 is 0 Å². The van der Waals surface area contributed by atoms with Gasteiger partial charge in [0.05, 0.1) is 13.2 Å². The van der Waals surface area contributed by atoms with E-state index in [4.69, 9.17) is 9.47 Å². The first kappa shape index (κ1) is 14.4. The number of rotatable bonds is 5. The molecule has 19 heavy (non-hydrogen) atoms. The topological polar surface area (TPSA) is 30.5 Å². The van der Waals surface area contributed by atoms with Crippen molar-refractivity contribution in [2.45, 2.75) is 50.8 Å². The summed E-state index contributed by atoms with van der Waals surface area (Å²) < 4.78 is 10.6. The second kappa shape index (κ2) is 6.92. The number of nitrogens with one attached hydrogen (secondary N) is 1. The highest BCUT2D eigenvalue weighted by molar-refractivity contribution is 5.28. The summed E-state index contributed by atoms with van der Waals surface area (Å²) in [7, 11) is 3.52. The molecule has 1 aliphatic rings. The van der Waals surface area contributed by atoms with E-state index in [1.807, 2.05) is 19.2 Å². The van der Waals surface area contributed by atoms with Gasteiger partial charge >= 0.3 is 0 Å². The van der Waals surface area contributed by atoms with Crippen molar-refractivity contribution in [3.05, 3.63) is 29.8 Å². The van der Waals surface area contributed by atoms with E-state index in [0.717, 1.165) is 5.75 Å². The lowest BCUT2D eigenvalue weighted by Gasteiger charge is -2.30. The summed E-state index contributed by atoms with van der Waals surface area (Å²) in [5.74, 6) is 0.913. The van der Waals surface area contributed by atoms with Crippen LogP contribution in [0.1, 0.15) is 44.2 Å². The molecule has 1 aromatic rings. The maximum Gasteiger partial charge on any atom is 0.118 e. The highest BCUT2D eigenvalue weighted by atomic mass is 16.5. The zero-order chi connectivity index (χ0) is 13.7. The number of hydrogen-bond donors (Lipinski definition) is 1. The molecule has 0 aliphatic heterocycles. The van der Waals surface area contributed by atoms with Gasteiger partial charge < -0.3 is 14.8 Å². The van der Waals surface area contributed by atoms with Crippen molar-refractivity contribution < 1.29 is 9.47 Å². The van der Waals surface area contributed by atoms with Gasteiger partial charge in [-0.15, -0.1) is 0 Å². The fourth-order valence-electron chi connectivity index (χ4n) is 2.81. The van der Waals surface area contributed by atoms with Crippen molar-refractivity contribution >= 4 is 0 Å². The van der Waals surface area contributed by atoms with Crippen molar-refractivity contribution in [2.24, 2.45) is 0 Å². The van der Waals surface area contributed by atoms with Crippen molar-refractivity contribution in [1.29, 1.82) is 0 Å². The molecule has 0 spiro atoms.